The topological polar surface area (TPSA) is 20.3 Å². The maximum atomic E-state index is 11.6. The molecule has 0 fully saturated rings. The molecule has 1 aromatic carbocycles. The van der Waals surface area contributed by atoms with Crippen LogP contribution in [0.4, 0.5) is 5.69 Å². The van der Waals surface area contributed by atoms with Crippen molar-refractivity contribution in [2.45, 2.75) is 6.42 Å². The van der Waals surface area contributed by atoms with Gasteiger partial charge in [0, 0.05) is 16.4 Å². The molecule has 74 valence electrons. The molecule has 2 nitrogen and oxygen atoms in total. The molecule has 1 aliphatic heterocycles. The number of nitrogens with zero attached hydrogens (tertiary/aromatic N) is 1. The highest BCUT2D eigenvalue weighted by atomic mass is 79.9. The number of benzene rings is 1. The fraction of sp³-hybridized carbons (Fsp3) is 0.200. The molecule has 0 saturated carbocycles. The molecule has 0 N–H and O–H groups in total. The predicted molar refractivity (Wildman–Crippen MR) is 63.5 cm³/mol. The van der Waals surface area contributed by atoms with Gasteiger partial charge in [-0.1, -0.05) is 28.6 Å². The molecule has 1 atom stereocenters. The molecule has 0 amide bonds. The zero-order valence-corrected chi connectivity index (χ0v) is 9.97. The van der Waals surface area contributed by atoms with Gasteiger partial charge in [0.25, 0.3) is 0 Å². The van der Waals surface area contributed by atoms with Crippen molar-refractivity contribution < 1.29 is 4.21 Å². The summed E-state index contributed by atoms with van der Waals surface area (Å²) in [4.78, 5) is 0. The van der Waals surface area contributed by atoms with Crippen molar-refractivity contribution in [2.75, 3.05) is 10.8 Å². The van der Waals surface area contributed by atoms with Crippen molar-refractivity contribution in [3.8, 4) is 0 Å². The van der Waals surface area contributed by atoms with Crippen LogP contribution in [-0.4, -0.2) is 10.8 Å². The van der Waals surface area contributed by atoms with E-state index < -0.39 is 11.0 Å². The maximum Gasteiger partial charge on any atom is 0.144 e. The van der Waals surface area contributed by atoms with Crippen molar-refractivity contribution >= 4 is 32.6 Å². The Kier molecular flexibility index (Phi) is 2.74. The Morgan fingerprint density at radius 3 is 3.07 bits per heavy atom. The third kappa shape index (κ3) is 1.64. The largest absolute Gasteiger partial charge is 0.288 e. The van der Waals surface area contributed by atoms with Crippen LogP contribution in [0.15, 0.2) is 34.7 Å². The number of hydrogen-bond donors (Lipinski definition) is 0. The first-order chi connectivity index (χ1) is 6.72. The van der Waals surface area contributed by atoms with Gasteiger partial charge in [-0.2, -0.15) is 0 Å². The van der Waals surface area contributed by atoms with E-state index in [1.165, 1.54) is 11.0 Å². The molecule has 0 saturated heterocycles. The highest BCUT2D eigenvalue weighted by molar-refractivity contribution is 9.10. The molecule has 0 spiro atoms. The number of rotatable bonds is 2. The summed E-state index contributed by atoms with van der Waals surface area (Å²) in [5, 5.41) is 1.47. The molecule has 14 heavy (non-hydrogen) atoms. The first-order valence-electron chi connectivity index (χ1n) is 4.31. The molecule has 0 radical (unpaired) electrons. The second-order valence-corrected chi connectivity index (χ2v) is 5.31. The quantitative estimate of drug-likeness (QED) is 0.810. The van der Waals surface area contributed by atoms with Gasteiger partial charge in [0.2, 0.25) is 0 Å². The average molecular weight is 272 g/mol. The Bertz CT molecular complexity index is 405. The van der Waals surface area contributed by atoms with Crippen LogP contribution < -0.4 is 4.31 Å². The molecule has 0 bridgehead atoms. The van der Waals surface area contributed by atoms with Crippen molar-refractivity contribution in [1.82, 2.24) is 0 Å². The Labute approximate surface area is 94.3 Å². The summed E-state index contributed by atoms with van der Waals surface area (Å²) < 4.78 is 14.5. The summed E-state index contributed by atoms with van der Waals surface area (Å²) in [6.45, 7) is 4.36. The molecular weight excluding hydrogens is 262 g/mol. The number of halogens is 1. The van der Waals surface area contributed by atoms with E-state index in [1.54, 1.807) is 0 Å². The molecule has 0 aromatic heterocycles. The van der Waals surface area contributed by atoms with E-state index in [0.717, 1.165) is 23.1 Å². The average Bonchev–Trinajstić information content (AvgIpc) is 2.59. The van der Waals surface area contributed by atoms with Gasteiger partial charge < -0.3 is 0 Å². The van der Waals surface area contributed by atoms with E-state index in [4.69, 9.17) is 0 Å². The van der Waals surface area contributed by atoms with Gasteiger partial charge in [0.15, 0.2) is 0 Å². The third-order valence-electron chi connectivity index (χ3n) is 2.26. The van der Waals surface area contributed by atoms with Gasteiger partial charge >= 0.3 is 0 Å². The van der Waals surface area contributed by atoms with Gasteiger partial charge in [0.1, 0.15) is 11.0 Å². The van der Waals surface area contributed by atoms with Crippen molar-refractivity contribution in [3.63, 3.8) is 0 Å². The number of hydrogen-bond acceptors (Lipinski definition) is 1. The molecule has 4 heteroatoms. The zero-order chi connectivity index (χ0) is 10.1. The second kappa shape index (κ2) is 3.87. The van der Waals surface area contributed by atoms with E-state index in [1.807, 2.05) is 16.4 Å². The lowest BCUT2D eigenvalue weighted by molar-refractivity contribution is 0.685. The Morgan fingerprint density at radius 2 is 2.36 bits per heavy atom. The highest BCUT2D eigenvalue weighted by Gasteiger charge is 2.22. The van der Waals surface area contributed by atoms with Gasteiger partial charge in [-0.3, -0.25) is 4.31 Å². The summed E-state index contributed by atoms with van der Waals surface area (Å²) in [6.07, 6.45) is 0.961. The Morgan fingerprint density at radius 1 is 1.57 bits per heavy atom. The highest BCUT2D eigenvalue weighted by Crippen LogP contribution is 2.31. The third-order valence-corrected chi connectivity index (χ3v) is 3.85. The monoisotopic (exact) mass is 271 g/mol. The first-order valence-corrected chi connectivity index (χ1v) is 6.28. The summed E-state index contributed by atoms with van der Waals surface area (Å²) in [5.74, 6) is 0. The zero-order valence-electron chi connectivity index (χ0n) is 7.57. The fourth-order valence-electron chi connectivity index (χ4n) is 1.60. The molecule has 1 unspecified atom stereocenters. The second-order valence-electron chi connectivity index (χ2n) is 3.07. The minimum atomic E-state index is -1.10. The van der Waals surface area contributed by atoms with Gasteiger partial charge in [-0.15, -0.1) is 0 Å². The van der Waals surface area contributed by atoms with Crippen molar-refractivity contribution in [3.05, 3.63) is 40.2 Å². The fourth-order valence-corrected chi connectivity index (χ4v) is 2.76. The van der Waals surface area contributed by atoms with Crippen LogP contribution in [0.3, 0.4) is 0 Å². The standard InChI is InChI=1S/C10H10BrNOS/c1-2-14(13)12-6-5-8-3-4-9(11)7-10(8)12/h2-4,7H,1,5-6H2. The van der Waals surface area contributed by atoms with E-state index in [0.29, 0.717) is 0 Å². The Balaban J connectivity index is 2.42. The molecule has 2 rings (SSSR count). The summed E-state index contributed by atoms with van der Waals surface area (Å²) in [5.41, 5.74) is 2.31. The van der Waals surface area contributed by atoms with E-state index in [-0.39, 0.29) is 0 Å². The summed E-state index contributed by atoms with van der Waals surface area (Å²) in [6, 6.07) is 6.09. The Hall–Kier alpha value is -0.610. The van der Waals surface area contributed by atoms with Crippen molar-refractivity contribution in [1.29, 1.82) is 0 Å². The van der Waals surface area contributed by atoms with E-state index >= 15 is 0 Å². The summed E-state index contributed by atoms with van der Waals surface area (Å²) >= 11 is 3.41. The summed E-state index contributed by atoms with van der Waals surface area (Å²) in [7, 11) is -1.10. The molecule has 1 aliphatic rings. The van der Waals surface area contributed by atoms with E-state index in [2.05, 4.69) is 28.6 Å². The lowest BCUT2D eigenvalue weighted by atomic mass is 10.2. The normalized spacial score (nSPS) is 16.5. The molecule has 0 aliphatic carbocycles. The molecule has 1 aromatic rings. The van der Waals surface area contributed by atoms with E-state index in [9.17, 15) is 4.21 Å². The minimum absolute atomic E-state index is 0.810. The van der Waals surface area contributed by atoms with Crippen LogP contribution in [0.2, 0.25) is 0 Å². The lowest BCUT2D eigenvalue weighted by Gasteiger charge is -2.15. The van der Waals surface area contributed by atoms with Crippen LogP contribution in [-0.2, 0) is 17.4 Å². The van der Waals surface area contributed by atoms with Gasteiger partial charge in [-0.25, -0.2) is 4.21 Å². The smallest absolute Gasteiger partial charge is 0.144 e. The minimum Gasteiger partial charge on any atom is -0.288 e. The lowest BCUT2D eigenvalue weighted by Crippen LogP contribution is -2.21. The maximum absolute atomic E-state index is 11.6. The number of fused-ring (bicyclic) bond motifs is 1. The number of anilines is 1. The van der Waals surface area contributed by atoms with Crippen LogP contribution in [0.25, 0.3) is 0 Å². The van der Waals surface area contributed by atoms with Gasteiger partial charge in [-0.05, 0) is 24.1 Å². The van der Waals surface area contributed by atoms with Crippen LogP contribution in [0, 0.1) is 0 Å². The van der Waals surface area contributed by atoms with Gasteiger partial charge in [0.05, 0.1) is 5.69 Å². The van der Waals surface area contributed by atoms with Crippen molar-refractivity contribution in [2.24, 2.45) is 0 Å². The molecular formula is C10H10BrNOS. The SMILES string of the molecule is C=CS(=O)N1CCc2ccc(Br)cc21. The van der Waals surface area contributed by atoms with Crippen LogP contribution >= 0.6 is 15.9 Å². The van der Waals surface area contributed by atoms with Crippen LogP contribution in [0.1, 0.15) is 5.56 Å². The molecule has 1 heterocycles. The van der Waals surface area contributed by atoms with Crippen LogP contribution in [0.5, 0.6) is 0 Å². The first kappa shape index (κ1) is 9.93. The predicted octanol–water partition coefficient (Wildman–Crippen LogP) is 2.62.